The topological polar surface area (TPSA) is 131 Å². The molecule has 1 saturated heterocycles. The van der Waals surface area contributed by atoms with Gasteiger partial charge in [0.25, 0.3) is 0 Å². The number of carboxylic acid groups (broad SMARTS) is 1. The van der Waals surface area contributed by atoms with Gasteiger partial charge in [-0.1, -0.05) is 0 Å². The largest absolute Gasteiger partial charge is 0.507 e. The van der Waals surface area contributed by atoms with Crippen LogP contribution in [0.15, 0.2) is 36.4 Å². The predicted octanol–water partition coefficient (Wildman–Crippen LogP) is 4.19. The first-order valence-electron chi connectivity index (χ1n) is 13.3. The number of benzene rings is 2. The molecule has 2 aromatic carbocycles. The molecule has 3 fully saturated rings. The van der Waals surface area contributed by atoms with Crippen LogP contribution < -0.4 is 15.0 Å². The molecule has 3 aliphatic rings. The number of phenolic OH excluding ortho intramolecular Hbond substituents is 1. The molecule has 0 radical (unpaired) electrons. The summed E-state index contributed by atoms with van der Waals surface area (Å²) in [6.45, 7) is 0.400. The number of hydrogen-bond acceptors (Lipinski definition) is 7. The average molecular weight is 524 g/mol. The summed E-state index contributed by atoms with van der Waals surface area (Å²) in [5.74, 6) is -0.390. The predicted molar refractivity (Wildman–Crippen MR) is 136 cm³/mol. The van der Waals surface area contributed by atoms with Crippen LogP contribution in [0.3, 0.4) is 0 Å². The molecule has 3 N–H and O–H groups in total. The fraction of sp³-hybridized carbons (Fsp3) is 0.483. The van der Waals surface area contributed by atoms with Crippen molar-refractivity contribution in [1.82, 2.24) is 5.48 Å². The number of nitrogens with one attached hydrogen (secondary N) is 1. The Morgan fingerprint density at radius 3 is 2.63 bits per heavy atom. The molecule has 1 heterocycles. The van der Waals surface area contributed by atoms with Crippen molar-refractivity contribution in [3.8, 4) is 17.2 Å². The number of ketones is 1. The molecule has 38 heavy (non-hydrogen) atoms. The highest BCUT2D eigenvalue weighted by Crippen LogP contribution is 2.35. The van der Waals surface area contributed by atoms with Crippen LogP contribution in [0.4, 0.5) is 0 Å². The van der Waals surface area contributed by atoms with E-state index in [-0.39, 0.29) is 59.9 Å². The monoisotopic (exact) mass is 523 g/mol. The summed E-state index contributed by atoms with van der Waals surface area (Å²) < 4.78 is 12.0. The summed E-state index contributed by atoms with van der Waals surface area (Å²) in [5.41, 5.74) is 3.55. The van der Waals surface area contributed by atoms with Gasteiger partial charge < -0.3 is 19.7 Å². The molecule has 9 heteroatoms. The molecule has 3 atom stereocenters. The van der Waals surface area contributed by atoms with E-state index in [4.69, 9.17) is 14.3 Å². The number of ether oxygens (including phenoxy) is 2. The first-order chi connectivity index (χ1) is 18.4. The quantitative estimate of drug-likeness (QED) is 0.395. The minimum Gasteiger partial charge on any atom is -0.507 e. The van der Waals surface area contributed by atoms with Gasteiger partial charge in [-0.2, -0.15) is 0 Å². The second-order valence-corrected chi connectivity index (χ2v) is 10.5. The SMILES string of the molecule is O=C(O)CCc1cc(C(=O)c2ccc(OC3CCCC3)cc2O)ccc1OCC1CCC2C(=O)NOC2C1. The Morgan fingerprint density at radius 2 is 1.87 bits per heavy atom. The maximum absolute atomic E-state index is 13.3. The molecular weight excluding hydrogens is 490 g/mol. The van der Waals surface area contributed by atoms with E-state index in [0.29, 0.717) is 35.7 Å². The zero-order chi connectivity index (χ0) is 26.6. The zero-order valence-corrected chi connectivity index (χ0v) is 21.2. The van der Waals surface area contributed by atoms with Gasteiger partial charge in [-0.3, -0.25) is 19.2 Å². The second-order valence-electron chi connectivity index (χ2n) is 10.5. The number of carboxylic acids is 1. The maximum Gasteiger partial charge on any atom is 0.303 e. The van der Waals surface area contributed by atoms with Gasteiger partial charge in [0.15, 0.2) is 5.78 Å². The minimum absolute atomic E-state index is 0.0624. The van der Waals surface area contributed by atoms with E-state index < -0.39 is 5.97 Å². The number of carbonyl (C=O) groups excluding carboxylic acids is 2. The fourth-order valence-electron chi connectivity index (χ4n) is 5.64. The van der Waals surface area contributed by atoms with E-state index in [1.165, 1.54) is 6.07 Å². The molecule has 5 rings (SSSR count). The van der Waals surface area contributed by atoms with E-state index in [0.717, 1.165) is 38.5 Å². The summed E-state index contributed by atoms with van der Waals surface area (Å²) in [6.07, 6.45) is 6.57. The normalized spacial score (nSPS) is 23.1. The Bertz CT molecular complexity index is 1210. The van der Waals surface area contributed by atoms with Crippen LogP contribution in [0.1, 0.15) is 72.9 Å². The number of fused-ring (bicyclic) bond motifs is 1. The smallest absolute Gasteiger partial charge is 0.303 e. The van der Waals surface area contributed by atoms with Crippen molar-refractivity contribution in [2.24, 2.45) is 11.8 Å². The van der Waals surface area contributed by atoms with Crippen molar-refractivity contribution < 1.29 is 38.9 Å². The molecule has 1 amide bonds. The Labute approximate surface area is 221 Å². The maximum atomic E-state index is 13.3. The van der Waals surface area contributed by atoms with Crippen LogP contribution in [0, 0.1) is 11.8 Å². The summed E-state index contributed by atoms with van der Waals surface area (Å²) in [5, 5.41) is 19.8. The molecule has 2 saturated carbocycles. The lowest BCUT2D eigenvalue weighted by Crippen LogP contribution is -2.31. The molecule has 2 aliphatic carbocycles. The van der Waals surface area contributed by atoms with Gasteiger partial charge in [-0.05, 0) is 93.2 Å². The second kappa shape index (κ2) is 11.4. The van der Waals surface area contributed by atoms with Crippen LogP contribution in [-0.2, 0) is 20.8 Å². The number of amides is 1. The van der Waals surface area contributed by atoms with Crippen molar-refractivity contribution in [2.45, 2.75) is 70.0 Å². The first-order valence-corrected chi connectivity index (χ1v) is 13.3. The minimum atomic E-state index is -0.947. The van der Waals surface area contributed by atoms with Gasteiger partial charge in [-0.15, -0.1) is 0 Å². The van der Waals surface area contributed by atoms with Crippen molar-refractivity contribution >= 4 is 17.7 Å². The molecule has 0 spiro atoms. The van der Waals surface area contributed by atoms with E-state index in [1.54, 1.807) is 30.3 Å². The van der Waals surface area contributed by atoms with Crippen molar-refractivity contribution in [3.63, 3.8) is 0 Å². The van der Waals surface area contributed by atoms with Gasteiger partial charge in [0, 0.05) is 18.1 Å². The van der Waals surface area contributed by atoms with Crippen LogP contribution >= 0.6 is 0 Å². The van der Waals surface area contributed by atoms with Crippen molar-refractivity contribution in [2.75, 3.05) is 6.61 Å². The van der Waals surface area contributed by atoms with E-state index >= 15 is 0 Å². The van der Waals surface area contributed by atoms with E-state index in [2.05, 4.69) is 5.48 Å². The van der Waals surface area contributed by atoms with Crippen molar-refractivity contribution in [3.05, 3.63) is 53.1 Å². The summed E-state index contributed by atoms with van der Waals surface area (Å²) >= 11 is 0. The summed E-state index contributed by atoms with van der Waals surface area (Å²) in [6, 6.07) is 9.68. The first kappa shape index (κ1) is 26.0. The zero-order valence-electron chi connectivity index (χ0n) is 21.2. The van der Waals surface area contributed by atoms with Gasteiger partial charge in [0.2, 0.25) is 5.91 Å². The highest BCUT2D eigenvalue weighted by Gasteiger charge is 2.41. The average Bonchev–Trinajstić information content (AvgIpc) is 3.55. The number of aryl methyl sites for hydroxylation is 1. The lowest BCUT2D eigenvalue weighted by atomic mass is 9.80. The number of rotatable bonds is 10. The Kier molecular flexibility index (Phi) is 7.83. The van der Waals surface area contributed by atoms with Crippen LogP contribution in [0.5, 0.6) is 17.2 Å². The van der Waals surface area contributed by atoms with Gasteiger partial charge in [0.05, 0.1) is 30.3 Å². The van der Waals surface area contributed by atoms with E-state index in [9.17, 15) is 24.6 Å². The van der Waals surface area contributed by atoms with E-state index in [1.807, 2.05) is 0 Å². The molecule has 1 aliphatic heterocycles. The third-order valence-corrected chi connectivity index (χ3v) is 7.77. The number of hydrogen-bond donors (Lipinski definition) is 3. The highest BCUT2D eigenvalue weighted by atomic mass is 16.7. The Morgan fingerprint density at radius 1 is 1.05 bits per heavy atom. The van der Waals surface area contributed by atoms with Crippen LogP contribution in [-0.4, -0.2) is 46.7 Å². The number of aliphatic carboxylic acids is 1. The fourth-order valence-corrected chi connectivity index (χ4v) is 5.64. The van der Waals surface area contributed by atoms with Crippen LogP contribution in [0.2, 0.25) is 0 Å². The highest BCUT2D eigenvalue weighted by molar-refractivity contribution is 6.11. The number of aromatic hydroxyl groups is 1. The van der Waals surface area contributed by atoms with Gasteiger partial charge >= 0.3 is 5.97 Å². The van der Waals surface area contributed by atoms with Gasteiger partial charge in [-0.25, -0.2) is 5.48 Å². The summed E-state index contributed by atoms with van der Waals surface area (Å²) in [4.78, 5) is 41.7. The number of carbonyl (C=O) groups is 3. The van der Waals surface area contributed by atoms with Crippen molar-refractivity contribution in [1.29, 1.82) is 0 Å². The summed E-state index contributed by atoms with van der Waals surface area (Å²) in [7, 11) is 0. The lowest BCUT2D eigenvalue weighted by Gasteiger charge is -2.28. The number of hydroxylamine groups is 1. The third kappa shape index (κ3) is 5.93. The Hall–Kier alpha value is -3.59. The third-order valence-electron chi connectivity index (χ3n) is 7.77. The standard InChI is InChI=1S/C29H33NO8/c31-24-15-21(37-20-3-1-2-4-20)8-10-22(24)28(34)19-6-11-25(18(14-19)7-12-27(32)33)36-16-17-5-9-23-26(13-17)38-30-29(23)35/h6,8,10-11,14-15,17,20,23,26,31H,1-5,7,9,12-13,16H2,(H,30,35)(H,32,33). The Balaban J connectivity index is 1.28. The molecular formula is C29H33NO8. The number of phenols is 1. The van der Waals surface area contributed by atoms with Gasteiger partial charge in [0.1, 0.15) is 17.2 Å². The molecule has 202 valence electrons. The molecule has 2 aromatic rings. The van der Waals surface area contributed by atoms with Crippen LogP contribution in [0.25, 0.3) is 0 Å². The molecule has 0 bridgehead atoms. The lowest BCUT2D eigenvalue weighted by molar-refractivity contribution is -0.137. The molecule has 3 unspecified atom stereocenters. The molecule has 9 nitrogen and oxygen atoms in total. The molecule has 0 aromatic heterocycles.